The zero-order chi connectivity index (χ0) is 9.99. The first-order valence-corrected chi connectivity index (χ1v) is 6.07. The lowest BCUT2D eigenvalue weighted by molar-refractivity contribution is 1.09. The fourth-order valence-electron chi connectivity index (χ4n) is 2.59. The standard InChI is InChI=1S/C14H10S/c1-8-6-10-13-9-4-2-3-5-11(9)15-12(7-8)14(10)13/h2-7,13H,1H3/t13-/m0/s1. The molecule has 0 saturated heterocycles. The first-order chi connectivity index (χ1) is 7.34. The SMILES string of the molecule is Cc1cc2c3c(c1)[C@@H]3c1ccccc1S2. The number of rotatable bonds is 0. The molecule has 1 aliphatic heterocycles. The molecule has 0 bridgehead atoms. The summed E-state index contributed by atoms with van der Waals surface area (Å²) in [4.78, 5) is 2.92. The molecule has 15 heavy (non-hydrogen) atoms. The predicted molar refractivity (Wildman–Crippen MR) is 62.7 cm³/mol. The van der Waals surface area contributed by atoms with Gasteiger partial charge in [-0.15, -0.1) is 0 Å². The third-order valence-electron chi connectivity index (χ3n) is 3.28. The molecule has 1 aliphatic carbocycles. The zero-order valence-corrected chi connectivity index (χ0v) is 9.27. The number of benzene rings is 2. The molecular weight excluding hydrogens is 200 g/mol. The third-order valence-corrected chi connectivity index (χ3v) is 4.43. The minimum Gasteiger partial charge on any atom is -0.0894 e. The molecule has 1 heteroatoms. The van der Waals surface area contributed by atoms with E-state index in [4.69, 9.17) is 0 Å². The van der Waals surface area contributed by atoms with E-state index >= 15 is 0 Å². The molecule has 0 saturated carbocycles. The van der Waals surface area contributed by atoms with E-state index in [1.165, 1.54) is 20.9 Å². The molecule has 0 unspecified atom stereocenters. The van der Waals surface area contributed by atoms with E-state index < -0.39 is 0 Å². The Morgan fingerprint density at radius 1 is 1.00 bits per heavy atom. The van der Waals surface area contributed by atoms with Crippen molar-refractivity contribution >= 4 is 11.8 Å². The van der Waals surface area contributed by atoms with Gasteiger partial charge in [-0.2, -0.15) is 0 Å². The minimum atomic E-state index is 0.631. The van der Waals surface area contributed by atoms with Crippen LogP contribution in [0.2, 0.25) is 0 Å². The highest BCUT2D eigenvalue weighted by Gasteiger charge is 2.41. The molecule has 1 heterocycles. The molecule has 2 aromatic rings. The van der Waals surface area contributed by atoms with E-state index in [0.717, 1.165) is 0 Å². The molecule has 4 rings (SSSR count). The summed E-state index contributed by atoms with van der Waals surface area (Å²) in [5.41, 5.74) is 6.05. The summed E-state index contributed by atoms with van der Waals surface area (Å²) >= 11 is 1.93. The van der Waals surface area contributed by atoms with Crippen LogP contribution in [0, 0.1) is 6.92 Å². The third kappa shape index (κ3) is 0.941. The Morgan fingerprint density at radius 3 is 2.80 bits per heavy atom. The lowest BCUT2D eigenvalue weighted by atomic mass is 10.1. The van der Waals surface area contributed by atoms with E-state index in [-0.39, 0.29) is 0 Å². The van der Waals surface area contributed by atoms with Gasteiger partial charge in [0.1, 0.15) is 0 Å². The van der Waals surface area contributed by atoms with Crippen LogP contribution in [0.5, 0.6) is 0 Å². The smallest absolute Gasteiger partial charge is 0.0369 e. The van der Waals surface area contributed by atoms with Crippen molar-refractivity contribution in [2.24, 2.45) is 0 Å². The molecule has 0 fully saturated rings. The minimum absolute atomic E-state index is 0.631. The second-order valence-corrected chi connectivity index (χ2v) is 5.42. The van der Waals surface area contributed by atoms with Crippen molar-refractivity contribution in [2.45, 2.75) is 22.6 Å². The maximum Gasteiger partial charge on any atom is 0.0369 e. The van der Waals surface area contributed by atoms with Crippen LogP contribution in [0.15, 0.2) is 46.2 Å². The van der Waals surface area contributed by atoms with Crippen LogP contribution in [-0.2, 0) is 0 Å². The van der Waals surface area contributed by atoms with Crippen LogP contribution >= 0.6 is 11.8 Å². The van der Waals surface area contributed by atoms with Crippen LogP contribution in [-0.4, -0.2) is 0 Å². The molecule has 0 N–H and O–H groups in total. The molecule has 0 amide bonds. The van der Waals surface area contributed by atoms with Gasteiger partial charge in [0.15, 0.2) is 0 Å². The molecule has 72 valence electrons. The molecule has 1 atom stereocenters. The average Bonchev–Trinajstić information content (AvgIpc) is 2.94. The molecule has 0 nitrogen and oxygen atoms in total. The van der Waals surface area contributed by atoms with Crippen molar-refractivity contribution in [1.82, 2.24) is 0 Å². The van der Waals surface area contributed by atoms with Gasteiger partial charge in [-0.3, -0.25) is 0 Å². The van der Waals surface area contributed by atoms with Gasteiger partial charge in [0.2, 0.25) is 0 Å². The van der Waals surface area contributed by atoms with Crippen molar-refractivity contribution in [3.05, 3.63) is 58.7 Å². The summed E-state index contributed by atoms with van der Waals surface area (Å²) in [6, 6.07) is 13.4. The summed E-state index contributed by atoms with van der Waals surface area (Å²) < 4.78 is 0. The van der Waals surface area contributed by atoms with E-state index in [9.17, 15) is 0 Å². The van der Waals surface area contributed by atoms with Gasteiger partial charge in [-0.05, 0) is 41.3 Å². The Balaban J connectivity index is 2.01. The van der Waals surface area contributed by atoms with E-state index in [1.54, 1.807) is 11.1 Å². The summed E-state index contributed by atoms with van der Waals surface area (Å²) in [6.45, 7) is 2.19. The molecule has 2 aliphatic rings. The van der Waals surface area contributed by atoms with Crippen LogP contribution in [0.1, 0.15) is 28.2 Å². The van der Waals surface area contributed by atoms with Crippen molar-refractivity contribution in [1.29, 1.82) is 0 Å². The Kier molecular flexibility index (Phi) is 1.32. The Bertz CT molecular complexity index is 584. The highest BCUT2D eigenvalue weighted by molar-refractivity contribution is 7.99. The molecule has 0 aromatic heterocycles. The van der Waals surface area contributed by atoms with Gasteiger partial charge in [-0.1, -0.05) is 36.0 Å². The summed E-state index contributed by atoms with van der Waals surface area (Å²) in [7, 11) is 0. The summed E-state index contributed by atoms with van der Waals surface area (Å²) in [5, 5.41) is 0. The Hall–Kier alpha value is -1.21. The summed E-state index contributed by atoms with van der Waals surface area (Å²) in [5.74, 6) is 0.631. The monoisotopic (exact) mass is 210 g/mol. The van der Waals surface area contributed by atoms with Crippen molar-refractivity contribution in [2.75, 3.05) is 0 Å². The van der Waals surface area contributed by atoms with Crippen molar-refractivity contribution in [3.63, 3.8) is 0 Å². The van der Waals surface area contributed by atoms with Gasteiger partial charge in [0.05, 0.1) is 0 Å². The quantitative estimate of drug-likeness (QED) is 0.423. The largest absolute Gasteiger partial charge is 0.0894 e. The van der Waals surface area contributed by atoms with Gasteiger partial charge < -0.3 is 0 Å². The maximum atomic E-state index is 2.34. The first-order valence-electron chi connectivity index (χ1n) is 5.26. The number of hydrogen-bond donors (Lipinski definition) is 0. The van der Waals surface area contributed by atoms with Crippen LogP contribution in [0.25, 0.3) is 0 Å². The Morgan fingerprint density at radius 2 is 1.87 bits per heavy atom. The van der Waals surface area contributed by atoms with E-state index in [2.05, 4.69) is 43.3 Å². The lowest BCUT2D eigenvalue weighted by Crippen LogP contribution is -1.90. The topological polar surface area (TPSA) is 0 Å². The molecule has 0 radical (unpaired) electrons. The summed E-state index contributed by atoms with van der Waals surface area (Å²) in [6.07, 6.45) is 0. The first kappa shape index (κ1) is 8.00. The second-order valence-electron chi connectivity index (χ2n) is 4.34. The predicted octanol–water partition coefficient (Wildman–Crippen LogP) is 3.95. The van der Waals surface area contributed by atoms with Crippen LogP contribution in [0.4, 0.5) is 0 Å². The normalized spacial score (nSPS) is 19.4. The fourth-order valence-corrected chi connectivity index (χ4v) is 3.87. The number of aryl methyl sites for hydroxylation is 1. The molecule has 0 spiro atoms. The van der Waals surface area contributed by atoms with Gasteiger partial charge in [-0.25, -0.2) is 0 Å². The van der Waals surface area contributed by atoms with E-state index in [0.29, 0.717) is 5.92 Å². The lowest BCUT2D eigenvalue weighted by Gasteiger charge is -2.12. The number of fused-ring (bicyclic) bond motifs is 3. The molecule has 2 aromatic carbocycles. The zero-order valence-electron chi connectivity index (χ0n) is 8.45. The van der Waals surface area contributed by atoms with Gasteiger partial charge in [0, 0.05) is 15.7 Å². The van der Waals surface area contributed by atoms with Crippen LogP contribution < -0.4 is 0 Å². The molecular formula is C14H10S. The average molecular weight is 210 g/mol. The fraction of sp³-hybridized carbons (Fsp3) is 0.143. The second kappa shape index (κ2) is 2.48. The van der Waals surface area contributed by atoms with Gasteiger partial charge in [0.25, 0.3) is 0 Å². The maximum absolute atomic E-state index is 2.34. The van der Waals surface area contributed by atoms with Crippen molar-refractivity contribution < 1.29 is 0 Å². The van der Waals surface area contributed by atoms with Gasteiger partial charge >= 0.3 is 0 Å². The Labute approximate surface area is 93.3 Å². The number of hydrogen-bond acceptors (Lipinski definition) is 1. The highest BCUT2D eigenvalue weighted by atomic mass is 32.2. The van der Waals surface area contributed by atoms with Crippen LogP contribution in [0.3, 0.4) is 0 Å². The van der Waals surface area contributed by atoms with E-state index in [1.807, 2.05) is 11.8 Å². The highest BCUT2D eigenvalue weighted by Crippen LogP contribution is 2.60. The van der Waals surface area contributed by atoms with Crippen molar-refractivity contribution in [3.8, 4) is 0 Å².